The summed E-state index contributed by atoms with van der Waals surface area (Å²) >= 11 is -2.33. The topological polar surface area (TPSA) is 40.5 Å². The Labute approximate surface area is 144 Å². The van der Waals surface area contributed by atoms with Crippen LogP contribution in [-0.4, -0.2) is 39.5 Å². The molecule has 2 nitrogen and oxygen atoms in total. The second kappa shape index (κ2) is 6.33. The Bertz CT molecular complexity index is 607. The molecule has 2 aromatic carbocycles. The third-order valence-electron chi connectivity index (χ3n) is 4.63. The Morgan fingerprint density at radius 1 is 0.609 bits per heavy atom. The molecule has 124 valence electrons. The van der Waals surface area contributed by atoms with Gasteiger partial charge in [-0.05, 0) is 0 Å². The molecule has 0 saturated carbocycles. The maximum absolute atomic E-state index is 10.2. The normalized spacial score (nSPS) is 13.2. The fourth-order valence-electron chi connectivity index (χ4n) is 2.76. The van der Waals surface area contributed by atoms with Crippen LogP contribution in [0.4, 0.5) is 0 Å². The molecule has 5 heteroatoms. The van der Waals surface area contributed by atoms with Crippen molar-refractivity contribution in [1.82, 2.24) is 0 Å². The van der Waals surface area contributed by atoms with Crippen molar-refractivity contribution in [3.8, 4) is 0 Å². The van der Waals surface area contributed by atoms with E-state index in [1.54, 1.807) is 0 Å². The van der Waals surface area contributed by atoms with Gasteiger partial charge in [0.25, 0.3) is 0 Å². The number of rotatable bonds is 4. The average Bonchev–Trinajstić information content (AvgIpc) is 2.46. The van der Waals surface area contributed by atoms with E-state index in [0.717, 1.165) is 10.4 Å². The summed E-state index contributed by atoms with van der Waals surface area (Å²) in [6, 6.07) is 17.2. The molecule has 0 spiro atoms. The van der Waals surface area contributed by atoms with Crippen molar-refractivity contribution in [3.63, 3.8) is 0 Å². The van der Waals surface area contributed by atoms with Gasteiger partial charge in [0.05, 0.1) is 0 Å². The monoisotopic (exact) mass is 406 g/mol. The molecule has 0 amide bonds. The minimum atomic E-state index is -2.33. The van der Waals surface area contributed by atoms with Gasteiger partial charge in [-0.1, -0.05) is 0 Å². The van der Waals surface area contributed by atoms with Crippen molar-refractivity contribution in [2.24, 2.45) is 0 Å². The molecule has 2 aromatic rings. The van der Waals surface area contributed by atoms with E-state index < -0.39 is 29.9 Å². The van der Waals surface area contributed by atoms with Crippen LogP contribution in [-0.2, 0) is 0 Å². The van der Waals surface area contributed by atoms with E-state index in [9.17, 15) is 9.59 Å². The van der Waals surface area contributed by atoms with Gasteiger partial charge >= 0.3 is 145 Å². The van der Waals surface area contributed by atoms with Crippen molar-refractivity contribution in [3.05, 3.63) is 48.5 Å². The summed E-state index contributed by atoms with van der Waals surface area (Å²) in [5.41, 5.74) is 0. The van der Waals surface area contributed by atoms with E-state index in [2.05, 4.69) is 60.0 Å². The second-order valence-corrected chi connectivity index (χ2v) is 24.5. The molecule has 23 heavy (non-hydrogen) atoms. The van der Waals surface area contributed by atoms with E-state index in [0.29, 0.717) is 0 Å². The zero-order valence-corrected chi connectivity index (χ0v) is 19.1. The van der Waals surface area contributed by atoms with Crippen molar-refractivity contribution < 1.29 is 9.59 Å². The van der Waals surface area contributed by atoms with Gasteiger partial charge in [0, 0.05) is 0 Å². The summed E-state index contributed by atoms with van der Waals surface area (Å²) in [5, 5.41) is 2.17. The third kappa shape index (κ3) is 4.25. The number of hydrogen-bond donors (Lipinski definition) is 2. The SMILES string of the molecule is C[Si](C)(O)c1cc[c]([Ge]([CH3])([CH3])[c]2ccc([Si](C)(C)O)cc2)cc1. The van der Waals surface area contributed by atoms with Crippen LogP contribution < -0.4 is 19.2 Å². The zero-order valence-electron chi connectivity index (χ0n) is 15.0. The molecule has 0 atom stereocenters. The molecular weight excluding hydrogens is 377 g/mol. The fraction of sp³-hybridized carbons (Fsp3) is 0.333. The second-order valence-electron chi connectivity index (χ2n) is 7.90. The summed E-state index contributed by atoms with van der Waals surface area (Å²) in [5.74, 6) is 4.79. The Kier molecular flexibility index (Phi) is 5.14. The quantitative estimate of drug-likeness (QED) is 0.754. The van der Waals surface area contributed by atoms with Crippen LogP contribution in [0.2, 0.25) is 37.7 Å². The summed E-state index contributed by atoms with van der Waals surface area (Å²) in [6.45, 7) is 7.81. The molecule has 0 aromatic heterocycles. The van der Waals surface area contributed by atoms with Crippen molar-refractivity contribution >= 4 is 49.1 Å². The van der Waals surface area contributed by atoms with Gasteiger partial charge < -0.3 is 0 Å². The van der Waals surface area contributed by atoms with E-state index >= 15 is 0 Å². The minimum absolute atomic E-state index is 1.09. The van der Waals surface area contributed by atoms with Crippen LogP contribution in [0.15, 0.2) is 48.5 Å². The predicted molar refractivity (Wildman–Crippen MR) is 108 cm³/mol. The fourth-order valence-corrected chi connectivity index (χ4v) is 9.62. The van der Waals surface area contributed by atoms with Gasteiger partial charge in [-0.3, -0.25) is 0 Å². The van der Waals surface area contributed by atoms with Gasteiger partial charge in [0.2, 0.25) is 0 Å². The van der Waals surface area contributed by atoms with E-state index in [-0.39, 0.29) is 0 Å². The number of benzene rings is 2. The Hall–Kier alpha value is -0.663. The van der Waals surface area contributed by atoms with Crippen molar-refractivity contribution in [1.29, 1.82) is 0 Å². The van der Waals surface area contributed by atoms with E-state index in [1.807, 2.05) is 26.2 Å². The molecule has 0 radical (unpaired) electrons. The maximum atomic E-state index is 10.2. The van der Waals surface area contributed by atoms with Gasteiger partial charge in [-0.15, -0.1) is 0 Å². The first-order chi connectivity index (χ1) is 10.4. The van der Waals surface area contributed by atoms with E-state index in [4.69, 9.17) is 0 Å². The molecule has 0 unspecified atom stereocenters. The molecule has 0 fully saturated rings. The molecule has 0 heterocycles. The summed E-state index contributed by atoms with van der Waals surface area (Å²) < 4.78 is 2.83. The van der Waals surface area contributed by atoms with Crippen LogP contribution in [0.1, 0.15) is 0 Å². The van der Waals surface area contributed by atoms with Gasteiger partial charge in [0.15, 0.2) is 0 Å². The predicted octanol–water partition coefficient (Wildman–Crippen LogP) is 1.32. The van der Waals surface area contributed by atoms with Gasteiger partial charge in [-0.25, -0.2) is 0 Å². The van der Waals surface area contributed by atoms with Crippen LogP contribution >= 0.6 is 0 Å². The standard InChI is InChI=1S/C18H28GeO2Si2/c1-19(2,15-7-11-17(12-8-15)22(3,4)20)16-9-13-18(14-10-16)23(5,6)21/h7-14,20-21H,1-6H3. The van der Waals surface area contributed by atoms with E-state index in [1.165, 1.54) is 8.79 Å². The Morgan fingerprint density at radius 2 is 0.870 bits per heavy atom. The molecule has 0 saturated heterocycles. The van der Waals surface area contributed by atoms with Crippen molar-refractivity contribution in [2.45, 2.75) is 37.7 Å². The Morgan fingerprint density at radius 3 is 1.09 bits per heavy atom. The van der Waals surface area contributed by atoms with Crippen LogP contribution in [0, 0.1) is 0 Å². The van der Waals surface area contributed by atoms with Gasteiger partial charge in [0.1, 0.15) is 0 Å². The molecule has 0 aliphatic heterocycles. The first kappa shape index (κ1) is 18.7. The molecule has 0 aliphatic carbocycles. The first-order valence-corrected chi connectivity index (χ1v) is 20.3. The van der Waals surface area contributed by atoms with Gasteiger partial charge in [-0.2, -0.15) is 0 Å². The van der Waals surface area contributed by atoms with Crippen LogP contribution in [0.25, 0.3) is 0 Å². The molecule has 0 bridgehead atoms. The number of hydrogen-bond acceptors (Lipinski definition) is 2. The molecule has 0 aliphatic rings. The summed E-state index contributed by atoms with van der Waals surface area (Å²) in [4.78, 5) is 20.5. The summed E-state index contributed by atoms with van der Waals surface area (Å²) in [6.07, 6.45) is 0. The molecular formula is C18H28GeO2Si2. The zero-order chi connectivity index (χ0) is 17.5. The van der Waals surface area contributed by atoms with Crippen molar-refractivity contribution in [2.75, 3.05) is 0 Å². The Balaban J connectivity index is 2.34. The first-order valence-electron chi connectivity index (χ1n) is 8.09. The molecule has 2 rings (SSSR count). The van der Waals surface area contributed by atoms with Crippen LogP contribution in [0.5, 0.6) is 0 Å². The summed E-state index contributed by atoms with van der Waals surface area (Å²) in [7, 11) is -4.45. The average molecular weight is 405 g/mol. The van der Waals surface area contributed by atoms with Crippen LogP contribution in [0.3, 0.4) is 0 Å². The molecule has 2 N–H and O–H groups in total. The third-order valence-corrected chi connectivity index (χ3v) is 15.6.